The summed E-state index contributed by atoms with van der Waals surface area (Å²) >= 11 is 0. The molecule has 4 heteroatoms. The van der Waals surface area contributed by atoms with Crippen molar-refractivity contribution in [2.45, 2.75) is 13.8 Å². The Balaban J connectivity index is 2.79. The van der Waals surface area contributed by atoms with Gasteiger partial charge >= 0.3 is 0 Å². The third kappa shape index (κ3) is 2.29. The highest BCUT2D eigenvalue weighted by Gasteiger charge is 2.16. The van der Waals surface area contributed by atoms with Gasteiger partial charge < -0.3 is 4.74 Å². The molecule has 0 N–H and O–H groups in total. The monoisotopic (exact) mass is 257 g/mol. The standard InChI is InChI=1S/C15H15NO3/c1-10-13(11(2)17)9-16(15(18)14(10)19-3)12-7-5-4-6-8-12/h4-9H,1-3H3. The van der Waals surface area contributed by atoms with Crippen molar-refractivity contribution in [2.75, 3.05) is 7.11 Å². The van der Waals surface area contributed by atoms with Gasteiger partial charge in [0, 0.05) is 23.0 Å². The van der Waals surface area contributed by atoms with Crippen molar-refractivity contribution in [1.29, 1.82) is 0 Å². The summed E-state index contributed by atoms with van der Waals surface area (Å²) in [6, 6.07) is 9.15. The molecule has 0 fully saturated rings. The minimum absolute atomic E-state index is 0.0968. The van der Waals surface area contributed by atoms with E-state index in [0.29, 0.717) is 16.8 Å². The highest BCUT2D eigenvalue weighted by molar-refractivity contribution is 5.95. The second-order valence-electron chi connectivity index (χ2n) is 4.27. The van der Waals surface area contributed by atoms with Crippen LogP contribution in [0.3, 0.4) is 0 Å². The molecule has 0 radical (unpaired) electrons. The van der Waals surface area contributed by atoms with Crippen molar-refractivity contribution in [2.24, 2.45) is 0 Å². The molecule has 0 saturated carbocycles. The lowest BCUT2D eigenvalue weighted by Crippen LogP contribution is -2.22. The lowest BCUT2D eigenvalue weighted by Gasteiger charge is -2.13. The topological polar surface area (TPSA) is 48.3 Å². The van der Waals surface area contributed by atoms with E-state index < -0.39 is 0 Å². The molecule has 0 aliphatic rings. The van der Waals surface area contributed by atoms with Crippen molar-refractivity contribution in [3.63, 3.8) is 0 Å². The number of Topliss-reactive ketones (excluding diaryl/α,β-unsaturated/α-hetero) is 1. The van der Waals surface area contributed by atoms with Crippen LogP contribution in [0.4, 0.5) is 0 Å². The summed E-state index contributed by atoms with van der Waals surface area (Å²) in [7, 11) is 1.43. The molecule has 1 heterocycles. The molecule has 0 unspecified atom stereocenters. The number of pyridine rings is 1. The summed E-state index contributed by atoms with van der Waals surface area (Å²) in [5.41, 5.74) is 1.50. The molecule has 0 saturated heterocycles. The zero-order chi connectivity index (χ0) is 14.0. The molecule has 98 valence electrons. The van der Waals surface area contributed by atoms with E-state index in [9.17, 15) is 9.59 Å². The van der Waals surface area contributed by atoms with Crippen LogP contribution in [0, 0.1) is 6.92 Å². The van der Waals surface area contributed by atoms with Crippen LogP contribution in [0.1, 0.15) is 22.8 Å². The van der Waals surface area contributed by atoms with Gasteiger partial charge in [-0.2, -0.15) is 0 Å². The number of rotatable bonds is 3. The van der Waals surface area contributed by atoms with Gasteiger partial charge in [-0.3, -0.25) is 14.2 Å². The van der Waals surface area contributed by atoms with E-state index in [0.717, 1.165) is 0 Å². The number of ketones is 1. The summed E-state index contributed by atoms with van der Waals surface area (Å²) in [5.74, 6) is 0.108. The predicted octanol–water partition coefficient (Wildman–Crippen LogP) is 2.36. The number of hydrogen-bond acceptors (Lipinski definition) is 3. The van der Waals surface area contributed by atoms with E-state index >= 15 is 0 Å². The SMILES string of the molecule is COc1c(C)c(C(C)=O)cn(-c2ccccc2)c1=O. The molecule has 0 spiro atoms. The highest BCUT2D eigenvalue weighted by Crippen LogP contribution is 2.19. The Morgan fingerprint density at radius 3 is 2.37 bits per heavy atom. The van der Waals surface area contributed by atoms with Crippen LogP contribution >= 0.6 is 0 Å². The summed E-state index contributed by atoms with van der Waals surface area (Å²) in [5, 5.41) is 0. The minimum atomic E-state index is -0.267. The minimum Gasteiger partial charge on any atom is -0.491 e. The fraction of sp³-hybridized carbons (Fsp3) is 0.200. The molecule has 19 heavy (non-hydrogen) atoms. The average Bonchev–Trinajstić information content (AvgIpc) is 2.40. The Morgan fingerprint density at radius 1 is 1.21 bits per heavy atom. The van der Waals surface area contributed by atoms with Crippen molar-refractivity contribution in [3.8, 4) is 11.4 Å². The maximum atomic E-state index is 12.3. The van der Waals surface area contributed by atoms with E-state index in [1.165, 1.54) is 18.6 Å². The molecule has 1 aromatic heterocycles. The average molecular weight is 257 g/mol. The van der Waals surface area contributed by atoms with Crippen molar-refractivity contribution < 1.29 is 9.53 Å². The van der Waals surface area contributed by atoms with E-state index in [1.807, 2.05) is 18.2 Å². The number of para-hydroxylation sites is 1. The van der Waals surface area contributed by atoms with Gasteiger partial charge in [-0.15, -0.1) is 0 Å². The van der Waals surface area contributed by atoms with Crippen LogP contribution in [0.25, 0.3) is 5.69 Å². The Kier molecular flexibility index (Phi) is 3.51. The highest BCUT2D eigenvalue weighted by atomic mass is 16.5. The molecule has 0 aliphatic heterocycles. The van der Waals surface area contributed by atoms with Crippen molar-refractivity contribution in [3.05, 3.63) is 58.0 Å². The van der Waals surface area contributed by atoms with Crippen molar-refractivity contribution >= 4 is 5.78 Å². The quantitative estimate of drug-likeness (QED) is 0.793. The Labute approximate surface area is 111 Å². The van der Waals surface area contributed by atoms with Crippen LogP contribution in [-0.4, -0.2) is 17.5 Å². The second kappa shape index (κ2) is 5.10. The summed E-state index contributed by atoms with van der Waals surface area (Å²) in [4.78, 5) is 24.0. The largest absolute Gasteiger partial charge is 0.491 e. The predicted molar refractivity (Wildman–Crippen MR) is 73.3 cm³/mol. The Hall–Kier alpha value is -2.36. The number of hydrogen-bond donors (Lipinski definition) is 0. The maximum absolute atomic E-state index is 12.3. The van der Waals surface area contributed by atoms with Crippen LogP contribution in [0.2, 0.25) is 0 Å². The van der Waals surface area contributed by atoms with Crippen LogP contribution in [-0.2, 0) is 0 Å². The lowest BCUT2D eigenvalue weighted by molar-refractivity contribution is 0.101. The summed E-state index contributed by atoms with van der Waals surface area (Å²) < 4.78 is 6.58. The number of benzene rings is 1. The van der Waals surface area contributed by atoms with E-state index in [2.05, 4.69) is 0 Å². The van der Waals surface area contributed by atoms with E-state index in [-0.39, 0.29) is 17.1 Å². The molecule has 2 aromatic rings. The van der Waals surface area contributed by atoms with Gasteiger partial charge in [-0.1, -0.05) is 18.2 Å². The van der Waals surface area contributed by atoms with E-state index in [1.54, 1.807) is 25.3 Å². The molecular formula is C15H15NO3. The molecule has 1 aromatic carbocycles. The molecule has 0 atom stereocenters. The molecule has 0 amide bonds. The number of nitrogens with zero attached hydrogens (tertiary/aromatic N) is 1. The summed E-state index contributed by atoms with van der Waals surface area (Å²) in [6.45, 7) is 3.19. The smallest absolute Gasteiger partial charge is 0.297 e. The number of aromatic nitrogens is 1. The second-order valence-corrected chi connectivity index (χ2v) is 4.27. The number of carbonyl (C=O) groups excluding carboxylic acids is 1. The normalized spacial score (nSPS) is 10.3. The first-order valence-electron chi connectivity index (χ1n) is 5.93. The first-order chi connectivity index (χ1) is 9.06. The number of methoxy groups -OCH3 is 1. The Morgan fingerprint density at radius 2 is 1.84 bits per heavy atom. The Bertz CT molecular complexity index is 672. The van der Waals surface area contributed by atoms with Crippen LogP contribution in [0.15, 0.2) is 41.3 Å². The molecule has 2 rings (SSSR count). The fourth-order valence-electron chi connectivity index (χ4n) is 2.05. The van der Waals surface area contributed by atoms with Gasteiger partial charge in [0.15, 0.2) is 11.5 Å². The van der Waals surface area contributed by atoms with Gasteiger partial charge in [0.2, 0.25) is 0 Å². The first kappa shape index (κ1) is 13.1. The van der Waals surface area contributed by atoms with E-state index in [4.69, 9.17) is 4.74 Å². The van der Waals surface area contributed by atoms with Crippen LogP contribution in [0.5, 0.6) is 5.75 Å². The number of ether oxygens (including phenoxy) is 1. The maximum Gasteiger partial charge on any atom is 0.297 e. The zero-order valence-corrected chi connectivity index (χ0v) is 11.1. The fourth-order valence-corrected chi connectivity index (χ4v) is 2.05. The molecular weight excluding hydrogens is 242 g/mol. The zero-order valence-electron chi connectivity index (χ0n) is 11.1. The van der Waals surface area contributed by atoms with Gasteiger partial charge in [-0.25, -0.2) is 0 Å². The van der Waals surface area contributed by atoms with Crippen molar-refractivity contribution in [1.82, 2.24) is 4.57 Å². The van der Waals surface area contributed by atoms with Crippen LogP contribution < -0.4 is 10.3 Å². The third-order valence-corrected chi connectivity index (χ3v) is 3.03. The molecule has 0 aliphatic carbocycles. The first-order valence-corrected chi connectivity index (χ1v) is 5.93. The lowest BCUT2D eigenvalue weighted by atomic mass is 10.1. The molecule has 0 bridgehead atoms. The molecule has 4 nitrogen and oxygen atoms in total. The van der Waals surface area contributed by atoms with Gasteiger partial charge in [0.05, 0.1) is 7.11 Å². The number of carbonyl (C=O) groups is 1. The van der Waals surface area contributed by atoms with Gasteiger partial charge in [0.25, 0.3) is 5.56 Å². The summed E-state index contributed by atoms with van der Waals surface area (Å²) in [6.07, 6.45) is 1.57. The van der Waals surface area contributed by atoms with Gasteiger partial charge in [0.1, 0.15) is 0 Å². The third-order valence-electron chi connectivity index (χ3n) is 3.03. The van der Waals surface area contributed by atoms with Gasteiger partial charge in [-0.05, 0) is 26.0 Å².